The van der Waals surface area contributed by atoms with E-state index in [-0.39, 0.29) is 12.4 Å². The Labute approximate surface area is 179 Å². The molecule has 3 aromatic rings. The minimum absolute atomic E-state index is 0.0972. The van der Waals surface area contributed by atoms with Crippen molar-refractivity contribution in [3.63, 3.8) is 0 Å². The summed E-state index contributed by atoms with van der Waals surface area (Å²) < 4.78 is 23.4. The number of methoxy groups -OCH3 is 2. The molecular formula is C21H26N4O6. The fourth-order valence-corrected chi connectivity index (χ4v) is 2.96. The first-order valence-electron chi connectivity index (χ1n) is 9.78. The van der Waals surface area contributed by atoms with Crippen molar-refractivity contribution in [2.75, 3.05) is 20.8 Å². The largest absolute Gasteiger partial charge is 0.493 e. The second-order valence-electron chi connectivity index (χ2n) is 6.74. The molecule has 3 rings (SSSR count). The Kier molecular flexibility index (Phi) is 8.02. The van der Waals surface area contributed by atoms with Crippen LogP contribution in [-0.2, 0) is 31.0 Å². The number of aromatic nitrogens is 3. The van der Waals surface area contributed by atoms with Crippen molar-refractivity contribution in [2.45, 2.75) is 32.7 Å². The van der Waals surface area contributed by atoms with Gasteiger partial charge in [-0.2, -0.15) is 0 Å². The Morgan fingerprint density at radius 3 is 2.81 bits per heavy atom. The van der Waals surface area contributed by atoms with Crippen LogP contribution in [0.5, 0.6) is 11.5 Å². The number of rotatable bonds is 13. The van der Waals surface area contributed by atoms with Crippen molar-refractivity contribution < 1.29 is 28.5 Å². The van der Waals surface area contributed by atoms with Crippen LogP contribution in [0.2, 0.25) is 0 Å². The van der Waals surface area contributed by atoms with E-state index in [1.54, 1.807) is 26.6 Å². The Bertz CT molecular complexity index is 984. The highest BCUT2D eigenvalue weighted by Gasteiger charge is 2.11. The number of carboxylic acid groups (broad SMARTS) is 1. The molecule has 2 aromatic heterocycles. The summed E-state index contributed by atoms with van der Waals surface area (Å²) in [6.07, 6.45) is 2.62. The summed E-state index contributed by atoms with van der Waals surface area (Å²) in [6.45, 7) is 2.79. The normalized spacial score (nSPS) is 10.9. The van der Waals surface area contributed by atoms with E-state index in [1.807, 2.05) is 22.8 Å². The van der Waals surface area contributed by atoms with E-state index in [9.17, 15) is 4.79 Å². The molecule has 0 fully saturated rings. The van der Waals surface area contributed by atoms with Gasteiger partial charge in [-0.05, 0) is 36.2 Å². The summed E-state index contributed by atoms with van der Waals surface area (Å²) in [5.41, 5.74) is 1.01. The highest BCUT2D eigenvalue weighted by Crippen LogP contribution is 2.29. The zero-order chi connectivity index (χ0) is 22.1. The van der Waals surface area contributed by atoms with Gasteiger partial charge < -0.3 is 33.6 Å². The lowest BCUT2D eigenvalue weighted by atomic mass is 10.2. The molecule has 0 amide bonds. The Morgan fingerprint density at radius 2 is 2.06 bits per heavy atom. The third kappa shape index (κ3) is 6.30. The van der Waals surface area contributed by atoms with Gasteiger partial charge in [0.1, 0.15) is 24.5 Å². The third-order valence-electron chi connectivity index (χ3n) is 4.53. The SMILES string of the molecule is COCCCn1cnnc1CNCc1ccc(OCc2ccc(C(=O)O)o2)c(OC)c1. The average Bonchev–Trinajstić information content (AvgIpc) is 3.42. The molecule has 2 heterocycles. The number of aryl methyl sites for hydroxylation is 1. The molecule has 0 atom stereocenters. The van der Waals surface area contributed by atoms with Crippen LogP contribution < -0.4 is 14.8 Å². The van der Waals surface area contributed by atoms with Gasteiger partial charge in [0.25, 0.3) is 0 Å². The number of hydrogen-bond acceptors (Lipinski definition) is 8. The van der Waals surface area contributed by atoms with Crippen LogP contribution in [0.1, 0.15) is 34.1 Å². The number of hydrogen-bond donors (Lipinski definition) is 2. The predicted molar refractivity (Wildman–Crippen MR) is 110 cm³/mol. The number of aromatic carboxylic acids is 1. The topological polar surface area (TPSA) is 121 Å². The zero-order valence-corrected chi connectivity index (χ0v) is 17.5. The molecule has 166 valence electrons. The van der Waals surface area contributed by atoms with Crippen LogP contribution in [0.4, 0.5) is 0 Å². The number of nitrogens with zero attached hydrogens (tertiary/aromatic N) is 3. The van der Waals surface area contributed by atoms with E-state index in [2.05, 4.69) is 15.5 Å². The summed E-state index contributed by atoms with van der Waals surface area (Å²) in [5.74, 6) is 1.15. The van der Waals surface area contributed by atoms with E-state index < -0.39 is 5.97 Å². The maximum absolute atomic E-state index is 10.9. The zero-order valence-electron chi connectivity index (χ0n) is 17.5. The Morgan fingerprint density at radius 1 is 1.19 bits per heavy atom. The lowest BCUT2D eigenvalue weighted by Crippen LogP contribution is -2.17. The van der Waals surface area contributed by atoms with Gasteiger partial charge in [0.15, 0.2) is 11.5 Å². The number of furan rings is 1. The first-order chi connectivity index (χ1) is 15.1. The molecule has 1 aromatic carbocycles. The lowest BCUT2D eigenvalue weighted by Gasteiger charge is -2.12. The molecular weight excluding hydrogens is 404 g/mol. The van der Waals surface area contributed by atoms with E-state index in [0.717, 1.165) is 24.4 Å². The number of carboxylic acids is 1. The van der Waals surface area contributed by atoms with Gasteiger partial charge >= 0.3 is 5.97 Å². The van der Waals surface area contributed by atoms with Crippen LogP contribution in [0, 0.1) is 0 Å². The molecule has 0 radical (unpaired) electrons. The molecule has 10 nitrogen and oxygen atoms in total. The van der Waals surface area contributed by atoms with Gasteiger partial charge in [-0.25, -0.2) is 4.79 Å². The molecule has 0 aliphatic carbocycles. The summed E-state index contributed by atoms with van der Waals surface area (Å²) in [4.78, 5) is 10.9. The van der Waals surface area contributed by atoms with Crippen LogP contribution in [0.15, 0.2) is 41.1 Å². The van der Waals surface area contributed by atoms with Crippen LogP contribution >= 0.6 is 0 Å². The number of carbonyl (C=O) groups is 1. The molecule has 2 N–H and O–H groups in total. The van der Waals surface area contributed by atoms with Crippen LogP contribution in [0.25, 0.3) is 0 Å². The molecule has 0 unspecified atom stereocenters. The molecule has 0 saturated heterocycles. The van der Waals surface area contributed by atoms with E-state index in [0.29, 0.717) is 37.0 Å². The fraction of sp³-hybridized carbons (Fsp3) is 0.381. The fourth-order valence-electron chi connectivity index (χ4n) is 2.96. The standard InChI is InChI=1S/C21H26N4O6/c1-28-9-3-8-25-14-23-24-20(25)12-22-11-15-4-6-17(19(10-15)29-2)30-13-16-5-7-18(31-16)21(26)27/h4-7,10,14,22H,3,8-9,11-13H2,1-2H3,(H,26,27). The van der Waals surface area contributed by atoms with Gasteiger partial charge in [0.2, 0.25) is 5.76 Å². The van der Waals surface area contributed by atoms with Crippen molar-refractivity contribution in [3.8, 4) is 11.5 Å². The first-order valence-corrected chi connectivity index (χ1v) is 9.78. The summed E-state index contributed by atoms with van der Waals surface area (Å²) in [7, 11) is 3.25. The monoisotopic (exact) mass is 430 g/mol. The summed E-state index contributed by atoms with van der Waals surface area (Å²) in [6, 6.07) is 8.59. The number of ether oxygens (including phenoxy) is 3. The maximum Gasteiger partial charge on any atom is 0.371 e. The molecule has 0 aliphatic rings. The molecule has 10 heteroatoms. The Hall–Kier alpha value is -3.37. The van der Waals surface area contributed by atoms with Gasteiger partial charge in [-0.15, -0.1) is 10.2 Å². The molecule has 0 spiro atoms. The van der Waals surface area contributed by atoms with Crippen molar-refractivity contribution in [2.24, 2.45) is 0 Å². The van der Waals surface area contributed by atoms with E-state index in [1.165, 1.54) is 6.07 Å². The van der Waals surface area contributed by atoms with Crippen molar-refractivity contribution in [1.82, 2.24) is 20.1 Å². The minimum Gasteiger partial charge on any atom is -0.493 e. The third-order valence-corrected chi connectivity index (χ3v) is 4.53. The minimum atomic E-state index is -1.12. The van der Waals surface area contributed by atoms with Crippen molar-refractivity contribution in [1.29, 1.82) is 0 Å². The van der Waals surface area contributed by atoms with Crippen molar-refractivity contribution in [3.05, 3.63) is 59.6 Å². The number of benzene rings is 1. The van der Waals surface area contributed by atoms with Gasteiger partial charge in [-0.1, -0.05) is 6.07 Å². The van der Waals surface area contributed by atoms with Crippen molar-refractivity contribution >= 4 is 5.97 Å². The summed E-state index contributed by atoms with van der Waals surface area (Å²) >= 11 is 0. The quantitative estimate of drug-likeness (QED) is 0.394. The Balaban J connectivity index is 1.52. The number of nitrogens with one attached hydrogen (secondary N) is 1. The van der Waals surface area contributed by atoms with Gasteiger partial charge in [0.05, 0.1) is 13.7 Å². The van der Waals surface area contributed by atoms with Gasteiger partial charge in [-0.3, -0.25) is 0 Å². The molecule has 0 aliphatic heterocycles. The predicted octanol–water partition coefficient (Wildman–Crippen LogP) is 2.48. The smallest absolute Gasteiger partial charge is 0.371 e. The molecule has 0 bridgehead atoms. The maximum atomic E-state index is 10.9. The lowest BCUT2D eigenvalue weighted by molar-refractivity contribution is 0.0658. The van der Waals surface area contributed by atoms with E-state index in [4.69, 9.17) is 23.7 Å². The van der Waals surface area contributed by atoms with Gasteiger partial charge in [0, 0.05) is 26.8 Å². The van der Waals surface area contributed by atoms with Crippen LogP contribution in [-0.4, -0.2) is 46.7 Å². The molecule has 0 saturated carbocycles. The second-order valence-corrected chi connectivity index (χ2v) is 6.74. The van der Waals surface area contributed by atoms with E-state index >= 15 is 0 Å². The highest BCUT2D eigenvalue weighted by atomic mass is 16.5. The average molecular weight is 430 g/mol. The van der Waals surface area contributed by atoms with Crippen LogP contribution in [0.3, 0.4) is 0 Å². The molecule has 31 heavy (non-hydrogen) atoms. The second kappa shape index (κ2) is 11.1. The first kappa shape index (κ1) is 22.3. The summed E-state index contributed by atoms with van der Waals surface area (Å²) in [5, 5.41) is 20.4. The highest BCUT2D eigenvalue weighted by molar-refractivity contribution is 5.84.